The van der Waals surface area contributed by atoms with Gasteiger partial charge >= 0.3 is 6.09 Å². The van der Waals surface area contributed by atoms with Crippen LogP contribution in [0.4, 0.5) is 4.79 Å². The van der Waals surface area contributed by atoms with E-state index < -0.39 is 66.2 Å². The number of hydrogen-bond donors (Lipinski definition) is 0. The molecule has 0 aromatic heterocycles. The molecule has 2 unspecified atom stereocenters. The molecule has 0 N–H and O–H groups in total. The molecular formula is C25H42Cl3NO8Si. The van der Waals surface area contributed by atoms with Gasteiger partial charge in [-0.25, -0.2) is 4.79 Å². The molecule has 2 saturated heterocycles. The van der Waals surface area contributed by atoms with E-state index in [1.54, 1.807) is 13.8 Å². The van der Waals surface area contributed by atoms with Gasteiger partial charge in [-0.1, -0.05) is 68.7 Å². The summed E-state index contributed by atoms with van der Waals surface area (Å²) in [6.45, 7) is 20.3. The van der Waals surface area contributed by atoms with Crippen LogP contribution in [0, 0.1) is 0 Å². The van der Waals surface area contributed by atoms with Crippen molar-refractivity contribution in [3.05, 3.63) is 11.8 Å². The maximum Gasteiger partial charge on any atom is 0.434 e. The number of carbonyl (C=O) groups is 1. The van der Waals surface area contributed by atoms with Crippen molar-refractivity contribution in [2.45, 2.75) is 119 Å². The van der Waals surface area contributed by atoms with E-state index in [0.717, 1.165) is 5.06 Å². The third-order valence-electron chi connectivity index (χ3n) is 7.45. The number of halogens is 3. The average molecular weight is 619 g/mol. The van der Waals surface area contributed by atoms with Gasteiger partial charge in [0.25, 0.3) is 0 Å². The predicted octanol–water partition coefficient (Wildman–Crippen LogP) is 6.12. The summed E-state index contributed by atoms with van der Waals surface area (Å²) >= 11 is 17.6. The monoisotopic (exact) mass is 617 g/mol. The van der Waals surface area contributed by atoms with Crippen LogP contribution in [0.2, 0.25) is 18.1 Å². The van der Waals surface area contributed by atoms with E-state index in [4.69, 9.17) is 68.1 Å². The van der Waals surface area contributed by atoms with E-state index in [1.165, 1.54) is 0 Å². The van der Waals surface area contributed by atoms with Crippen LogP contribution in [-0.4, -0.2) is 84.5 Å². The Morgan fingerprint density at radius 2 is 1.68 bits per heavy atom. The number of hydroxylamine groups is 2. The van der Waals surface area contributed by atoms with Crippen LogP contribution in [0.5, 0.6) is 0 Å². The topological polar surface area (TPSA) is 84.9 Å². The van der Waals surface area contributed by atoms with Crippen molar-refractivity contribution in [3.63, 3.8) is 0 Å². The number of carbonyl (C=O) groups excluding carboxylic acids is 1. The molecule has 1 amide bonds. The third kappa shape index (κ3) is 7.31. The minimum atomic E-state index is -2.20. The Balaban J connectivity index is 2.08. The van der Waals surface area contributed by atoms with Crippen LogP contribution < -0.4 is 0 Å². The van der Waals surface area contributed by atoms with Crippen molar-refractivity contribution in [3.8, 4) is 0 Å². The van der Waals surface area contributed by atoms with E-state index in [2.05, 4.69) is 33.9 Å². The third-order valence-corrected chi connectivity index (χ3v) is 13.3. The van der Waals surface area contributed by atoms with Crippen LogP contribution in [0.3, 0.4) is 0 Å². The first-order valence-corrected chi connectivity index (χ1v) is 17.1. The molecule has 3 heterocycles. The van der Waals surface area contributed by atoms with Gasteiger partial charge in [0, 0.05) is 0 Å². The molecule has 0 saturated carbocycles. The average Bonchev–Trinajstić information content (AvgIpc) is 3.28. The van der Waals surface area contributed by atoms with Gasteiger partial charge in [-0.15, -0.1) is 0 Å². The lowest BCUT2D eigenvalue weighted by molar-refractivity contribution is -0.210. The van der Waals surface area contributed by atoms with Gasteiger partial charge in [0.05, 0.1) is 27.0 Å². The van der Waals surface area contributed by atoms with Crippen LogP contribution in [0.15, 0.2) is 11.8 Å². The summed E-state index contributed by atoms with van der Waals surface area (Å²) < 4.78 is 34.4. The molecular weight excluding hydrogens is 577 g/mol. The van der Waals surface area contributed by atoms with E-state index in [0.29, 0.717) is 19.0 Å². The van der Waals surface area contributed by atoms with Crippen molar-refractivity contribution >= 4 is 49.0 Å². The summed E-state index contributed by atoms with van der Waals surface area (Å²) in [5.41, 5.74) is -0.417. The van der Waals surface area contributed by atoms with E-state index in [1.807, 2.05) is 26.8 Å². The summed E-state index contributed by atoms with van der Waals surface area (Å²) in [6.07, 6.45) is -0.683. The Bertz CT molecular complexity index is 902. The first-order valence-electron chi connectivity index (χ1n) is 12.9. The van der Waals surface area contributed by atoms with Crippen LogP contribution in [-0.2, 0) is 33.3 Å². The highest BCUT2D eigenvalue weighted by molar-refractivity contribution is 6.81. The van der Waals surface area contributed by atoms with E-state index in [-0.39, 0.29) is 5.04 Å². The fraction of sp³-hybridized carbons (Fsp3) is 0.880. The van der Waals surface area contributed by atoms with Gasteiger partial charge in [-0.05, 0) is 45.7 Å². The lowest BCUT2D eigenvalue weighted by Gasteiger charge is -2.47. The molecule has 9 nitrogen and oxygen atoms in total. The molecule has 220 valence electrons. The first-order chi connectivity index (χ1) is 17.2. The number of alkyl halides is 3. The second kappa shape index (κ2) is 11.2. The zero-order valence-corrected chi connectivity index (χ0v) is 27.2. The summed E-state index contributed by atoms with van der Waals surface area (Å²) in [5.74, 6) is -1.25. The normalized spacial score (nSPS) is 31.8. The maximum absolute atomic E-state index is 13.6. The lowest BCUT2D eigenvalue weighted by atomic mass is 9.98. The highest BCUT2D eigenvalue weighted by Crippen LogP contribution is 2.45. The fourth-order valence-corrected chi connectivity index (χ4v) is 6.51. The minimum absolute atomic E-state index is 0.0659. The van der Waals surface area contributed by atoms with Gasteiger partial charge in [-0.2, -0.15) is 5.06 Å². The Kier molecular flexibility index (Phi) is 9.47. The van der Waals surface area contributed by atoms with Gasteiger partial charge in [-0.3, -0.25) is 4.84 Å². The van der Waals surface area contributed by atoms with Crippen molar-refractivity contribution < 1.29 is 38.1 Å². The maximum atomic E-state index is 13.6. The van der Waals surface area contributed by atoms with Crippen LogP contribution >= 0.6 is 34.8 Å². The van der Waals surface area contributed by atoms with Crippen LogP contribution in [0.1, 0.15) is 55.4 Å². The largest absolute Gasteiger partial charge is 0.496 e. The Morgan fingerprint density at radius 1 is 1.08 bits per heavy atom. The second-order valence-corrected chi connectivity index (χ2v) is 20.4. The van der Waals surface area contributed by atoms with Crippen molar-refractivity contribution in [1.29, 1.82) is 0 Å². The zero-order valence-electron chi connectivity index (χ0n) is 23.9. The number of nitrogens with zero attached hydrogens (tertiary/aromatic N) is 1. The molecule has 0 aromatic carbocycles. The van der Waals surface area contributed by atoms with Crippen molar-refractivity contribution in [1.82, 2.24) is 5.06 Å². The van der Waals surface area contributed by atoms with Crippen LogP contribution in [0.25, 0.3) is 0 Å². The Hall–Kier alpha value is -0.303. The molecule has 3 aliphatic heterocycles. The van der Waals surface area contributed by atoms with Crippen molar-refractivity contribution in [2.24, 2.45) is 0 Å². The standard InChI is InChI=1S/C25H42Cl3NO8Si/c1-11-31-15-12-17(38(9,10)22(2,3)4)37-29(21(30)32-14-25(26,27)28)18(15)20-19(35-24(7,8)36-20)16-13-33-23(5,6)34-16/h12,16-20H,11,13-14H2,1-10H3/t16-,17?,18?,19-,20-/m1/s1. The summed E-state index contributed by atoms with van der Waals surface area (Å²) in [6, 6.07) is -0.863. The molecule has 0 radical (unpaired) electrons. The van der Waals surface area contributed by atoms with Gasteiger partial charge in [0.15, 0.2) is 11.6 Å². The van der Waals surface area contributed by atoms with Crippen molar-refractivity contribution in [2.75, 3.05) is 19.8 Å². The summed E-state index contributed by atoms with van der Waals surface area (Å²) in [5, 5.41) is 1.10. The van der Waals surface area contributed by atoms with E-state index in [9.17, 15) is 4.79 Å². The van der Waals surface area contributed by atoms with Gasteiger partial charge in [0.1, 0.15) is 36.7 Å². The highest BCUT2D eigenvalue weighted by atomic mass is 35.6. The Morgan fingerprint density at radius 3 is 2.18 bits per heavy atom. The molecule has 0 aromatic rings. The van der Waals surface area contributed by atoms with E-state index >= 15 is 0 Å². The molecule has 0 aliphatic carbocycles. The first kappa shape index (κ1) is 32.2. The highest BCUT2D eigenvalue weighted by Gasteiger charge is 2.58. The molecule has 0 spiro atoms. The van der Waals surface area contributed by atoms with Gasteiger partial charge < -0.3 is 28.4 Å². The molecule has 3 aliphatic rings. The quantitative estimate of drug-likeness (QED) is 0.260. The predicted molar refractivity (Wildman–Crippen MR) is 148 cm³/mol. The molecule has 38 heavy (non-hydrogen) atoms. The molecule has 3 rings (SSSR count). The number of rotatable bonds is 6. The summed E-state index contributed by atoms with van der Waals surface area (Å²) in [4.78, 5) is 20.0. The smallest absolute Gasteiger partial charge is 0.434 e. The zero-order chi connectivity index (χ0) is 28.9. The number of ether oxygens (including phenoxy) is 6. The van der Waals surface area contributed by atoms with Gasteiger partial charge in [0.2, 0.25) is 3.79 Å². The fourth-order valence-electron chi connectivity index (χ4n) is 4.53. The second-order valence-electron chi connectivity index (χ2n) is 12.4. The molecule has 2 fully saturated rings. The number of hydrogen-bond acceptors (Lipinski definition) is 8. The minimum Gasteiger partial charge on any atom is -0.496 e. The summed E-state index contributed by atoms with van der Waals surface area (Å²) in [7, 11) is -2.20. The molecule has 13 heteroatoms. The molecule has 5 atom stereocenters. The lowest BCUT2D eigenvalue weighted by Crippen LogP contribution is -2.62. The SMILES string of the molecule is CCOC1=CC([Si](C)(C)C(C)(C)C)ON(C(=O)OCC(Cl)(Cl)Cl)C1[C@H]1OC(C)(C)O[C@@H]1[C@H]1COC(C)(C)O1. The number of amides is 1. The Labute approximate surface area is 242 Å². The molecule has 0 bridgehead atoms.